The van der Waals surface area contributed by atoms with E-state index in [1.54, 1.807) is 10.6 Å². The second-order valence-corrected chi connectivity index (χ2v) is 7.47. The second-order valence-electron chi connectivity index (χ2n) is 7.47. The van der Waals surface area contributed by atoms with E-state index < -0.39 is 17.3 Å². The topological polar surface area (TPSA) is 118 Å². The predicted molar refractivity (Wildman–Crippen MR) is 101 cm³/mol. The summed E-state index contributed by atoms with van der Waals surface area (Å²) in [5, 5.41) is 13.5. The Balaban J connectivity index is 1.76. The number of hydrogen-bond donors (Lipinski definition) is 3. The van der Waals surface area contributed by atoms with Crippen LogP contribution in [0.1, 0.15) is 43.1 Å². The number of aliphatic hydroxyl groups is 1. The van der Waals surface area contributed by atoms with E-state index in [2.05, 4.69) is 20.3 Å². The van der Waals surface area contributed by atoms with Crippen molar-refractivity contribution < 1.29 is 14.3 Å². The predicted octanol–water partition coefficient (Wildman–Crippen LogP) is 2.13. The van der Waals surface area contributed by atoms with Crippen LogP contribution in [0.4, 0.5) is 10.2 Å². The van der Waals surface area contributed by atoms with E-state index in [1.807, 2.05) is 6.92 Å². The summed E-state index contributed by atoms with van der Waals surface area (Å²) in [5.74, 6) is -0.711. The summed E-state index contributed by atoms with van der Waals surface area (Å²) in [6.07, 6.45) is 8.57. The summed E-state index contributed by atoms with van der Waals surface area (Å²) in [5.41, 5.74) is 5.91. The number of imidazole rings is 1. The molecule has 0 bridgehead atoms. The van der Waals surface area contributed by atoms with Gasteiger partial charge in [0.15, 0.2) is 17.3 Å². The first-order chi connectivity index (χ1) is 13.3. The van der Waals surface area contributed by atoms with E-state index >= 15 is 0 Å². The first-order valence-electron chi connectivity index (χ1n) is 9.11. The number of carbonyl (C=O) groups excluding carboxylic acids is 1. The highest BCUT2D eigenvalue weighted by Crippen LogP contribution is 2.31. The van der Waals surface area contributed by atoms with Crippen LogP contribution < -0.4 is 11.1 Å². The van der Waals surface area contributed by atoms with Crippen LogP contribution in [0.2, 0.25) is 0 Å². The molecule has 0 spiro atoms. The minimum absolute atomic E-state index is 0.0859. The summed E-state index contributed by atoms with van der Waals surface area (Å²) >= 11 is 0. The van der Waals surface area contributed by atoms with Crippen LogP contribution in [-0.4, -0.2) is 42.0 Å². The summed E-state index contributed by atoms with van der Waals surface area (Å²) < 4.78 is 15.8. The highest BCUT2D eigenvalue weighted by atomic mass is 19.1. The second kappa shape index (κ2) is 6.83. The van der Waals surface area contributed by atoms with Crippen LogP contribution in [-0.2, 0) is 0 Å². The fourth-order valence-corrected chi connectivity index (χ4v) is 3.50. The number of pyridine rings is 1. The van der Waals surface area contributed by atoms with Crippen molar-refractivity contribution in [3.63, 3.8) is 0 Å². The zero-order chi connectivity index (χ0) is 19.9. The standard InChI is InChI=1S/C19H21FN6O2/c1-19(28)5-2-11(3-6-19)23-17-18-25-15(16(21)27)10-26(18)9-14(24-17)12-4-7-22-8-13(12)20/h4,7-11,28H,2-3,5-6H2,1H3,(H2,21,27)(H,23,24). The smallest absolute Gasteiger partial charge is 0.268 e. The minimum Gasteiger partial charge on any atom is -0.390 e. The van der Waals surface area contributed by atoms with Crippen molar-refractivity contribution in [1.29, 1.82) is 0 Å². The molecular formula is C19H21FN6O2. The molecule has 0 saturated heterocycles. The molecule has 3 aromatic rings. The summed E-state index contributed by atoms with van der Waals surface area (Å²) in [6, 6.07) is 1.62. The van der Waals surface area contributed by atoms with Crippen LogP contribution in [0.3, 0.4) is 0 Å². The maximum Gasteiger partial charge on any atom is 0.268 e. The molecule has 1 saturated carbocycles. The highest BCUT2D eigenvalue weighted by Gasteiger charge is 2.29. The van der Waals surface area contributed by atoms with Gasteiger partial charge in [0.1, 0.15) is 5.69 Å². The third-order valence-corrected chi connectivity index (χ3v) is 5.14. The molecular weight excluding hydrogens is 363 g/mol. The lowest BCUT2D eigenvalue weighted by atomic mass is 9.84. The number of rotatable bonds is 4. The third kappa shape index (κ3) is 3.53. The maximum absolute atomic E-state index is 14.2. The fraction of sp³-hybridized carbons (Fsp3) is 0.368. The molecule has 0 atom stereocenters. The van der Waals surface area contributed by atoms with E-state index in [0.29, 0.717) is 35.6 Å². The molecule has 1 aliphatic carbocycles. The number of amides is 1. The molecule has 3 aromatic heterocycles. The largest absolute Gasteiger partial charge is 0.390 e. The highest BCUT2D eigenvalue weighted by molar-refractivity contribution is 5.92. The Labute approximate surface area is 160 Å². The lowest BCUT2D eigenvalue weighted by Gasteiger charge is -2.33. The van der Waals surface area contributed by atoms with Crippen molar-refractivity contribution >= 4 is 17.4 Å². The molecule has 1 amide bonds. The molecule has 1 fully saturated rings. The number of halogens is 1. The van der Waals surface area contributed by atoms with E-state index in [-0.39, 0.29) is 11.7 Å². The Morgan fingerprint density at radius 2 is 2.11 bits per heavy atom. The van der Waals surface area contributed by atoms with Crippen molar-refractivity contribution in [3.8, 4) is 11.3 Å². The van der Waals surface area contributed by atoms with Crippen LogP contribution in [0.25, 0.3) is 16.9 Å². The monoisotopic (exact) mass is 384 g/mol. The molecule has 4 N–H and O–H groups in total. The average molecular weight is 384 g/mol. The number of hydrogen-bond acceptors (Lipinski definition) is 6. The lowest BCUT2D eigenvalue weighted by molar-refractivity contribution is 0.0196. The van der Waals surface area contributed by atoms with Gasteiger partial charge in [0, 0.05) is 30.2 Å². The Hall–Kier alpha value is -3.07. The number of fused-ring (bicyclic) bond motifs is 1. The van der Waals surface area contributed by atoms with Crippen molar-refractivity contribution in [2.45, 2.75) is 44.2 Å². The number of aromatic nitrogens is 4. The third-order valence-electron chi connectivity index (χ3n) is 5.14. The first-order valence-corrected chi connectivity index (χ1v) is 9.11. The molecule has 4 rings (SSSR count). The number of primary amides is 1. The number of nitrogens with zero attached hydrogens (tertiary/aromatic N) is 4. The van der Waals surface area contributed by atoms with Gasteiger partial charge in [-0.15, -0.1) is 0 Å². The molecule has 8 nitrogen and oxygen atoms in total. The van der Waals surface area contributed by atoms with Gasteiger partial charge in [0.2, 0.25) is 0 Å². The van der Waals surface area contributed by atoms with E-state index in [1.165, 1.54) is 18.5 Å². The molecule has 0 unspecified atom stereocenters. The molecule has 9 heteroatoms. The fourth-order valence-electron chi connectivity index (χ4n) is 3.50. The van der Waals surface area contributed by atoms with Gasteiger partial charge >= 0.3 is 0 Å². The van der Waals surface area contributed by atoms with E-state index in [0.717, 1.165) is 19.0 Å². The SMILES string of the molecule is CC1(O)CCC(Nc2nc(-c3ccncc3F)cn3cc(C(N)=O)nc23)CC1. The minimum atomic E-state index is -0.657. The average Bonchev–Trinajstić information content (AvgIpc) is 3.09. The molecule has 28 heavy (non-hydrogen) atoms. The van der Waals surface area contributed by atoms with Gasteiger partial charge in [-0.05, 0) is 38.7 Å². The summed E-state index contributed by atoms with van der Waals surface area (Å²) in [4.78, 5) is 24.2. The van der Waals surface area contributed by atoms with Gasteiger partial charge in [0.25, 0.3) is 5.91 Å². The molecule has 0 radical (unpaired) electrons. The number of nitrogens with one attached hydrogen (secondary N) is 1. The van der Waals surface area contributed by atoms with Crippen molar-refractivity contribution in [3.05, 3.63) is 42.4 Å². The number of nitrogens with two attached hydrogens (primary N) is 1. The van der Waals surface area contributed by atoms with Gasteiger partial charge in [-0.1, -0.05) is 0 Å². The molecule has 1 aliphatic rings. The van der Waals surface area contributed by atoms with Crippen LogP contribution >= 0.6 is 0 Å². The van der Waals surface area contributed by atoms with Gasteiger partial charge in [-0.25, -0.2) is 14.4 Å². The van der Waals surface area contributed by atoms with E-state index in [4.69, 9.17) is 5.73 Å². The maximum atomic E-state index is 14.2. The zero-order valence-corrected chi connectivity index (χ0v) is 15.4. The van der Waals surface area contributed by atoms with E-state index in [9.17, 15) is 14.3 Å². The first kappa shape index (κ1) is 18.3. The van der Waals surface area contributed by atoms with Crippen molar-refractivity contribution in [2.24, 2.45) is 5.73 Å². The molecule has 0 aromatic carbocycles. The Morgan fingerprint density at radius 3 is 2.79 bits per heavy atom. The van der Waals surface area contributed by atoms with Gasteiger partial charge in [0.05, 0.1) is 17.5 Å². The Kier molecular flexibility index (Phi) is 4.46. The van der Waals surface area contributed by atoms with Crippen molar-refractivity contribution in [1.82, 2.24) is 19.4 Å². The van der Waals surface area contributed by atoms with Crippen LogP contribution in [0.15, 0.2) is 30.9 Å². The lowest BCUT2D eigenvalue weighted by Crippen LogP contribution is -2.36. The van der Waals surface area contributed by atoms with Gasteiger partial charge in [-0.2, -0.15) is 0 Å². The Morgan fingerprint density at radius 1 is 1.36 bits per heavy atom. The molecule has 0 aliphatic heterocycles. The van der Waals surface area contributed by atoms with Crippen molar-refractivity contribution in [2.75, 3.05) is 5.32 Å². The normalized spacial score (nSPS) is 22.3. The van der Waals surface area contributed by atoms with Gasteiger partial charge < -0.3 is 20.6 Å². The molecule has 146 valence electrons. The van der Waals surface area contributed by atoms with Gasteiger partial charge in [-0.3, -0.25) is 9.78 Å². The van der Waals surface area contributed by atoms with Crippen LogP contribution in [0, 0.1) is 5.82 Å². The number of anilines is 1. The summed E-state index contributed by atoms with van der Waals surface area (Å²) in [7, 11) is 0. The zero-order valence-electron chi connectivity index (χ0n) is 15.4. The number of carbonyl (C=O) groups is 1. The van der Waals surface area contributed by atoms with Crippen LogP contribution in [0.5, 0.6) is 0 Å². The Bertz CT molecular complexity index is 1040. The quantitative estimate of drug-likeness (QED) is 0.634. The summed E-state index contributed by atoms with van der Waals surface area (Å²) in [6.45, 7) is 1.83. The molecule has 3 heterocycles.